The molecule has 5 heteroatoms. The van der Waals surface area contributed by atoms with Gasteiger partial charge in [0.15, 0.2) is 12.0 Å². The summed E-state index contributed by atoms with van der Waals surface area (Å²) in [6.07, 6.45) is 7.73. The number of carbonyl (C=O) groups is 2. The highest BCUT2D eigenvalue weighted by molar-refractivity contribution is 5.95. The number of aldehydes is 1. The minimum Gasteiger partial charge on any atom is -0.476 e. The van der Waals surface area contributed by atoms with Crippen LogP contribution in [0.1, 0.15) is 65.9 Å². The number of hydrogen-bond donors (Lipinski definition) is 1. The van der Waals surface area contributed by atoms with Gasteiger partial charge in [0.1, 0.15) is 0 Å². The van der Waals surface area contributed by atoms with Gasteiger partial charge < -0.3 is 5.11 Å². The monoisotopic (exact) mass is 250 g/mol. The molecule has 2 rings (SSSR count). The molecule has 1 aliphatic rings. The predicted molar refractivity (Wildman–Crippen MR) is 65.9 cm³/mol. The zero-order valence-corrected chi connectivity index (χ0v) is 10.5. The summed E-state index contributed by atoms with van der Waals surface area (Å²) in [6, 6.07) is 0.232. The Balaban J connectivity index is 2.32. The molecule has 5 nitrogen and oxygen atoms in total. The number of carbonyl (C=O) groups excluding carboxylic acids is 1. The molecule has 0 spiro atoms. The van der Waals surface area contributed by atoms with Crippen molar-refractivity contribution in [1.82, 2.24) is 9.78 Å². The van der Waals surface area contributed by atoms with Crippen molar-refractivity contribution < 1.29 is 14.7 Å². The average Bonchev–Trinajstić information content (AvgIpc) is 2.82. The largest absolute Gasteiger partial charge is 0.476 e. The number of carboxylic acids is 1. The molecule has 1 N–H and O–H groups in total. The number of hydrogen-bond acceptors (Lipinski definition) is 3. The summed E-state index contributed by atoms with van der Waals surface area (Å²) < 4.78 is 1.69. The Labute approximate surface area is 106 Å². The molecule has 0 bridgehead atoms. The molecular formula is C13H18N2O3. The van der Waals surface area contributed by atoms with Gasteiger partial charge in [-0.3, -0.25) is 9.48 Å². The van der Waals surface area contributed by atoms with Crippen LogP contribution in [0.15, 0.2) is 6.20 Å². The molecular weight excluding hydrogens is 232 g/mol. The van der Waals surface area contributed by atoms with Gasteiger partial charge in [-0.25, -0.2) is 4.79 Å². The first kappa shape index (κ1) is 12.8. The van der Waals surface area contributed by atoms with Crippen LogP contribution in [0.2, 0.25) is 0 Å². The standard InChI is InChI=1S/C13H18N2O3/c1-2-9-5-3-4-6-11(9)15-7-10(8-16)12(14-15)13(17)18/h7-9,11H,2-6H2,1H3,(H,17,18). The zero-order valence-electron chi connectivity index (χ0n) is 10.5. The van der Waals surface area contributed by atoms with E-state index >= 15 is 0 Å². The van der Waals surface area contributed by atoms with Crippen LogP contribution in [0.4, 0.5) is 0 Å². The molecule has 1 fully saturated rings. The van der Waals surface area contributed by atoms with E-state index in [0.717, 1.165) is 25.7 Å². The van der Waals surface area contributed by atoms with E-state index in [4.69, 9.17) is 5.11 Å². The van der Waals surface area contributed by atoms with Gasteiger partial charge in [0.25, 0.3) is 0 Å². The third-order valence-corrected chi connectivity index (χ3v) is 3.82. The summed E-state index contributed by atoms with van der Waals surface area (Å²) in [4.78, 5) is 21.9. The molecule has 1 heterocycles. The van der Waals surface area contributed by atoms with Crippen molar-refractivity contribution in [3.05, 3.63) is 17.5 Å². The fourth-order valence-electron chi connectivity index (χ4n) is 2.84. The quantitative estimate of drug-likeness (QED) is 0.833. The highest BCUT2D eigenvalue weighted by atomic mass is 16.4. The molecule has 2 atom stereocenters. The molecule has 1 saturated carbocycles. The third kappa shape index (κ3) is 2.30. The van der Waals surface area contributed by atoms with Crippen molar-refractivity contribution in [2.75, 3.05) is 0 Å². The number of carboxylic acid groups (broad SMARTS) is 1. The summed E-state index contributed by atoms with van der Waals surface area (Å²) >= 11 is 0. The highest BCUT2D eigenvalue weighted by Gasteiger charge is 2.27. The molecule has 98 valence electrons. The van der Waals surface area contributed by atoms with Crippen LogP contribution in [0.3, 0.4) is 0 Å². The predicted octanol–water partition coefficient (Wildman–Crippen LogP) is 2.54. The highest BCUT2D eigenvalue weighted by Crippen LogP contribution is 2.35. The molecule has 1 aliphatic carbocycles. The van der Waals surface area contributed by atoms with Crippen LogP contribution >= 0.6 is 0 Å². The Hall–Kier alpha value is -1.65. The van der Waals surface area contributed by atoms with Crippen molar-refractivity contribution in [3.63, 3.8) is 0 Å². The van der Waals surface area contributed by atoms with Gasteiger partial charge in [0.2, 0.25) is 0 Å². The summed E-state index contributed by atoms with van der Waals surface area (Å²) in [6.45, 7) is 2.14. The van der Waals surface area contributed by atoms with E-state index in [2.05, 4.69) is 12.0 Å². The van der Waals surface area contributed by atoms with E-state index < -0.39 is 5.97 Å². The van der Waals surface area contributed by atoms with Crippen LogP contribution in [0.25, 0.3) is 0 Å². The van der Waals surface area contributed by atoms with Crippen LogP contribution in [-0.4, -0.2) is 27.1 Å². The van der Waals surface area contributed by atoms with E-state index in [0.29, 0.717) is 12.2 Å². The van der Waals surface area contributed by atoms with Gasteiger partial charge in [-0.1, -0.05) is 26.2 Å². The van der Waals surface area contributed by atoms with E-state index in [-0.39, 0.29) is 17.3 Å². The maximum Gasteiger partial charge on any atom is 0.357 e. The van der Waals surface area contributed by atoms with Crippen LogP contribution in [0.5, 0.6) is 0 Å². The molecule has 0 aliphatic heterocycles. The van der Waals surface area contributed by atoms with Gasteiger partial charge in [0, 0.05) is 6.20 Å². The lowest BCUT2D eigenvalue weighted by molar-refractivity contribution is 0.0685. The van der Waals surface area contributed by atoms with Crippen LogP contribution in [0, 0.1) is 5.92 Å². The molecule has 18 heavy (non-hydrogen) atoms. The minimum atomic E-state index is -1.14. The second-order valence-electron chi connectivity index (χ2n) is 4.86. The van der Waals surface area contributed by atoms with Gasteiger partial charge in [-0.15, -0.1) is 0 Å². The van der Waals surface area contributed by atoms with Gasteiger partial charge >= 0.3 is 5.97 Å². The molecule has 0 amide bonds. The fourth-order valence-corrected chi connectivity index (χ4v) is 2.84. The minimum absolute atomic E-state index is 0.134. The lowest BCUT2D eigenvalue weighted by Crippen LogP contribution is -2.23. The number of rotatable bonds is 4. The molecule has 0 aromatic carbocycles. The molecule has 1 aromatic rings. The van der Waals surface area contributed by atoms with Crippen molar-refractivity contribution in [2.45, 2.75) is 45.1 Å². The summed E-state index contributed by atoms with van der Waals surface area (Å²) in [7, 11) is 0. The zero-order chi connectivity index (χ0) is 13.1. The molecule has 0 radical (unpaired) electrons. The van der Waals surface area contributed by atoms with E-state index in [1.54, 1.807) is 10.9 Å². The molecule has 2 unspecified atom stereocenters. The summed E-state index contributed by atoms with van der Waals surface area (Å²) in [5, 5.41) is 13.1. The smallest absolute Gasteiger partial charge is 0.357 e. The number of nitrogens with zero attached hydrogens (tertiary/aromatic N) is 2. The topological polar surface area (TPSA) is 72.2 Å². The summed E-state index contributed by atoms with van der Waals surface area (Å²) in [5.74, 6) is -0.612. The lowest BCUT2D eigenvalue weighted by Gasteiger charge is -2.30. The van der Waals surface area contributed by atoms with Crippen molar-refractivity contribution in [2.24, 2.45) is 5.92 Å². The third-order valence-electron chi connectivity index (χ3n) is 3.82. The number of aromatic nitrogens is 2. The molecule has 1 aromatic heterocycles. The Morgan fingerprint density at radius 2 is 2.28 bits per heavy atom. The van der Waals surface area contributed by atoms with Gasteiger partial charge in [-0.2, -0.15) is 5.10 Å². The molecule has 0 saturated heterocycles. The Morgan fingerprint density at radius 3 is 2.83 bits per heavy atom. The first-order valence-corrected chi connectivity index (χ1v) is 6.45. The first-order chi connectivity index (χ1) is 8.67. The van der Waals surface area contributed by atoms with Crippen molar-refractivity contribution >= 4 is 12.3 Å². The maximum absolute atomic E-state index is 11.0. The van der Waals surface area contributed by atoms with Crippen LogP contribution < -0.4 is 0 Å². The van der Waals surface area contributed by atoms with Crippen molar-refractivity contribution in [1.29, 1.82) is 0 Å². The second-order valence-corrected chi connectivity index (χ2v) is 4.86. The van der Waals surface area contributed by atoms with E-state index in [1.165, 1.54) is 6.42 Å². The maximum atomic E-state index is 11.0. The Bertz CT molecular complexity index is 453. The van der Waals surface area contributed by atoms with E-state index in [1.807, 2.05) is 0 Å². The Kier molecular flexibility index (Phi) is 3.79. The average molecular weight is 250 g/mol. The SMILES string of the molecule is CCC1CCCCC1n1cc(C=O)c(C(=O)O)n1. The van der Waals surface area contributed by atoms with E-state index in [9.17, 15) is 9.59 Å². The number of aromatic carboxylic acids is 1. The van der Waals surface area contributed by atoms with Gasteiger partial charge in [0.05, 0.1) is 11.6 Å². The Morgan fingerprint density at radius 1 is 1.56 bits per heavy atom. The lowest BCUT2D eigenvalue weighted by atomic mass is 9.83. The second kappa shape index (κ2) is 5.33. The van der Waals surface area contributed by atoms with Gasteiger partial charge in [-0.05, 0) is 18.8 Å². The normalized spacial score (nSPS) is 23.8. The summed E-state index contributed by atoms with van der Waals surface area (Å²) in [5.41, 5.74) is 0.0355. The van der Waals surface area contributed by atoms with Crippen LogP contribution in [-0.2, 0) is 0 Å². The van der Waals surface area contributed by atoms with Crippen molar-refractivity contribution in [3.8, 4) is 0 Å². The fraction of sp³-hybridized carbons (Fsp3) is 0.615. The first-order valence-electron chi connectivity index (χ1n) is 6.45.